The maximum Gasteiger partial charge on any atom is 0.332 e. The summed E-state index contributed by atoms with van der Waals surface area (Å²) in [5.41, 5.74) is 0.466. The van der Waals surface area contributed by atoms with Gasteiger partial charge in [-0.1, -0.05) is 29.8 Å². The van der Waals surface area contributed by atoms with Crippen molar-refractivity contribution in [1.29, 1.82) is 0 Å². The summed E-state index contributed by atoms with van der Waals surface area (Å²) in [6.45, 7) is 1.43. The fraction of sp³-hybridized carbons (Fsp3) is 0.130. The lowest BCUT2D eigenvalue weighted by Crippen LogP contribution is -2.42. The van der Waals surface area contributed by atoms with E-state index in [1.165, 1.54) is 12.3 Å². The number of carbonyl (C=O) groups excluding carboxylic acids is 1. The first-order chi connectivity index (χ1) is 15.3. The molecule has 162 valence electrons. The summed E-state index contributed by atoms with van der Waals surface area (Å²) >= 11 is 0. The quantitative estimate of drug-likeness (QED) is 0.521. The number of amides is 1. The molecule has 0 unspecified atom stereocenters. The number of rotatable bonds is 5. The molecule has 7 nitrogen and oxygen atoms in total. The van der Waals surface area contributed by atoms with Crippen LogP contribution in [-0.2, 0) is 17.9 Å². The van der Waals surface area contributed by atoms with Gasteiger partial charge in [0.2, 0.25) is 5.91 Å². The Morgan fingerprint density at radius 2 is 1.78 bits per heavy atom. The Kier molecular flexibility index (Phi) is 5.63. The molecule has 0 saturated heterocycles. The Hall–Kier alpha value is -4.14. The third kappa shape index (κ3) is 4.18. The van der Waals surface area contributed by atoms with E-state index >= 15 is 0 Å². The van der Waals surface area contributed by atoms with Gasteiger partial charge >= 0.3 is 5.69 Å². The molecule has 2 heterocycles. The molecule has 2 aromatic heterocycles. The fourth-order valence-corrected chi connectivity index (χ4v) is 3.34. The number of aryl methyl sites for hydroxylation is 1. The van der Waals surface area contributed by atoms with Crippen LogP contribution in [0.3, 0.4) is 0 Å². The van der Waals surface area contributed by atoms with E-state index in [0.717, 1.165) is 32.4 Å². The average Bonchev–Trinajstić information content (AvgIpc) is 2.77. The number of aromatic nitrogens is 3. The zero-order valence-electron chi connectivity index (χ0n) is 17.0. The zero-order valence-corrected chi connectivity index (χ0v) is 17.0. The number of anilines is 1. The molecule has 0 aliphatic heterocycles. The van der Waals surface area contributed by atoms with Gasteiger partial charge in [-0.2, -0.15) is 0 Å². The largest absolute Gasteiger partial charge is 0.332 e. The number of hydrogen-bond acceptors (Lipinski definition) is 4. The molecule has 1 amide bonds. The monoisotopic (exact) mass is 436 g/mol. The molecule has 0 atom stereocenters. The van der Waals surface area contributed by atoms with Gasteiger partial charge in [-0.3, -0.25) is 18.7 Å². The van der Waals surface area contributed by atoms with Crippen molar-refractivity contribution < 1.29 is 13.6 Å². The van der Waals surface area contributed by atoms with Crippen molar-refractivity contribution in [2.24, 2.45) is 0 Å². The number of pyridine rings is 1. The van der Waals surface area contributed by atoms with E-state index in [9.17, 15) is 23.2 Å². The standard InChI is InChI=1S/C23H18F2N4O3/c1-14-4-6-15(7-5-14)12-29-22(31)21-19(3-2-10-26-21)28(23(29)32)13-20(30)27-18-9-8-16(24)11-17(18)25/h2-11H,12-13H2,1H3,(H,27,30). The minimum Gasteiger partial charge on any atom is -0.322 e. The second-order valence-corrected chi connectivity index (χ2v) is 7.29. The summed E-state index contributed by atoms with van der Waals surface area (Å²) < 4.78 is 29.1. The van der Waals surface area contributed by atoms with Crippen LogP contribution in [0.2, 0.25) is 0 Å². The minimum atomic E-state index is -0.943. The first-order valence-electron chi connectivity index (χ1n) is 9.72. The third-order valence-corrected chi connectivity index (χ3v) is 4.95. The molecule has 0 bridgehead atoms. The van der Waals surface area contributed by atoms with Crippen LogP contribution >= 0.6 is 0 Å². The Bertz CT molecular complexity index is 1440. The van der Waals surface area contributed by atoms with Gasteiger partial charge in [0.15, 0.2) is 5.52 Å². The Morgan fingerprint density at radius 3 is 2.50 bits per heavy atom. The summed E-state index contributed by atoms with van der Waals surface area (Å²) in [5, 5.41) is 2.32. The predicted octanol–water partition coefficient (Wildman–Crippen LogP) is 2.83. The first kappa shape index (κ1) is 21.1. The fourth-order valence-electron chi connectivity index (χ4n) is 3.34. The smallest absolute Gasteiger partial charge is 0.322 e. The van der Waals surface area contributed by atoms with E-state index in [1.54, 1.807) is 18.2 Å². The van der Waals surface area contributed by atoms with Crippen molar-refractivity contribution in [3.8, 4) is 0 Å². The molecule has 32 heavy (non-hydrogen) atoms. The lowest BCUT2D eigenvalue weighted by Gasteiger charge is -2.14. The second-order valence-electron chi connectivity index (χ2n) is 7.29. The number of nitrogens with one attached hydrogen (secondary N) is 1. The van der Waals surface area contributed by atoms with E-state index in [1.807, 2.05) is 19.1 Å². The van der Waals surface area contributed by atoms with E-state index in [-0.39, 0.29) is 23.3 Å². The van der Waals surface area contributed by atoms with Crippen LogP contribution in [0, 0.1) is 18.6 Å². The van der Waals surface area contributed by atoms with E-state index in [0.29, 0.717) is 6.07 Å². The molecule has 0 aliphatic rings. The molecule has 0 radical (unpaired) electrons. The highest BCUT2D eigenvalue weighted by molar-refractivity contribution is 5.91. The first-order valence-corrected chi connectivity index (χ1v) is 9.72. The van der Waals surface area contributed by atoms with Crippen LogP contribution in [0.25, 0.3) is 11.0 Å². The van der Waals surface area contributed by atoms with Crippen molar-refractivity contribution in [1.82, 2.24) is 14.1 Å². The van der Waals surface area contributed by atoms with Gasteiger partial charge in [0, 0.05) is 12.3 Å². The van der Waals surface area contributed by atoms with Gasteiger partial charge in [-0.25, -0.2) is 18.6 Å². The second kappa shape index (κ2) is 8.54. The molecule has 0 aliphatic carbocycles. The topological polar surface area (TPSA) is 86.0 Å². The predicted molar refractivity (Wildman–Crippen MR) is 116 cm³/mol. The van der Waals surface area contributed by atoms with Crippen molar-refractivity contribution in [2.45, 2.75) is 20.0 Å². The zero-order chi connectivity index (χ0) is 22.8. The number of hydrogen-bond donors (Lipinski definition) is 1. The normalized spacial score (nSPS) is 11.0. The maximum absolute atomic E-state index is 13.9. The summed E-state index contributed by atoms with van der Waals surface area (Å²) in [6.07, 6.45) is 1.42. The lowest BCUT2D eigenvalue weighted by atomic mass is 10.1. The van der Waals surface area contributed by atoms with Crippen LogP contribution in [-0.4, -0.2) is 20.0 Å². The summed E-state index contributed by atoms with van der Waals surface area (Å²) in [5.74, 6) is -2.44. The molecule has 1 N–H and O–H groups in total. The molecule has 9 heteroatoms. The van der Waals surface area contributed by atoms with Gasteiger partial charge in [-0.15, -0.1) is 0 Å². The minimum absolute atomic E-state index is 0.00132. The summed E-state index contributed by atoms with van der Waals surface area (Å²) in [6, 6.07) is 13.1. The average molecular weight is 436 g/mol. The van der Waals surface area contributed by atoms with Gasteiger partial charge < -0.3 is 5.32 Å². The van der Waals surface area contributed by atoms with Crippen LogP contribution < -0.4 is 16.6 Å². The van der Waals surface area contributed by atoms with E-state index in [2.05, 4.69) is 10.3 Å². The molecule has 0 fully saturated rings. The Labute approximate surface area is 180 Å². The van der Waals surface area contributed by atoms with Crippen LogP contribution in [0.1, 0.15) is 11.1 Å². The van der Waals surface area contributed by atoms with Gasteiger partial charge in [0.05, 0.1) is 17.7 Å². The summed E-state index contributed by atoms with van der Waals surface area (Å²) in [7, 11) is 0. The van der Waals surface area contributed by atoms with Crippen LogP contribution in [0.4, 0.5) is 14.5 Å². The van der Waals surface area contributed by atoms with Gasteiger partial charge in [0.25, 0.3) is 5.56 Å². The highest BCUT2D eigenvalue weighted by Gasteiger charge is 2.17. The Morgan fingerprint density at radius 1 is 1.03 bits per heavy atom. The third-order valence-electron chi connectivity index (χ3n) is 4.95. The van der Waals surface area contributed by atoms with Crippen molar-refractivity contribution in [3.05, 3.63) is 104 Å². The maximum atomic E-state index is 13.9. The van der Waals surface area contributed by atoms with Crippen LogP contribution in [0.15, 0.2) is 70.4 Å². The van der Waals surface area contributed by atoms with Gasteiger partial charge in [0.1, 0.15) is 18.2 Å². The number of halogens is 2. The molecule has 4 rings (SSSR count). The molecular weight excluding hydrogens is 418 g/mol. The summed E-state index contributed by atoms with van der Waals surface area (Å²) in [4.78, 5) is 42.8. The van der Waals surface area contributed by atoms with E-state index < -0.39 is 35.3 Å². The highest BCUT2D eigenvalue weighted by Crippen LogP contribution is 2.15. The number of carbonyl (C=O) groups is 1. The van der Waals surface area contributed by atoms with Crippen molar-refractivity contribution >= 4 is 22.6 Å². The SMILES string of the molecule is Cc1ccc(Cn2c(=O)c3ncccc3n(CC(=O)Nc3ccc(F)cc3F)c2=O)cc1. The van der Waals surface area contributed by atoms with Crippen molar-refractivity contribution in [3.63, 3.8) is 0 Å². The van der Waals surface area contributed by atoms with Crippen LogP contribution in [0.5, 0.6) is 0 Å². The highest BCUT2D eigenvalue weighted by atomic mass is 19.1. The molecule has 0 spiro atoms. The number of nitrogens with zero attached hydrogens (tertiary/aromatic N) is 3. The number of benzene rings is 2. The Balaban J connectivity index is 1.74. The lowest BCUT2D eigenvalue weighted by molar-refractivity contribution is -0.116. The van der Waals surface area contributed by atoms with E-state index in [4.69, 9.17) is 0 Å². The number of fused-ring (bicyclic) bond motifs is 1. The van der Waals surface area contributed by atoms with Crippen molar-refractivity contribution in [2.75, 3.05) is 5.32 Å². The molecular formula is C23H18F2N4O3. The molecule has 2 aromatic carbocycles. The molecule has 4 aromatic rings. The van der Waals surface area contributed by atoms with Gasteiger partial charge in [-0.05, 0) is 36.8 Å². The molecule has 0 saturated carbocycles.